The average molecular weight is 441 g/mol. The van der Waals surface area contributed by atoms with E-state index in [4.69, 9.17) is 5.26 Å². The number of anilines is 1. The summed E-state index contributed by atoms with van der Waals surface area (Å²) >= 11 is 0. The highest BCUT2D eigenvalue weighted by Gasteiger charge is 2.59. The summed E-state index contributed by atoms with van der Waals surface area (Å²) in [5, 5.41) is 12.9. The Hall–Kier alpha value is -3.33. The van der Waals surface area contributed by atoms with Crippen LogP contribution in [-0.4, -0.2) is 15.9 Å². The van der Waals surface area contributed by atoms with Gasteiger partial charge in [-0.2, -0.15) is 5.26 Å². The second-order valence-electron chi connectivity index (χ2n) is 10.1. The van der Waals surface area contributed by atoms with Gasteiger partial charge in [0, 0.05) is 17.8 Å². The van der Waals surface area contributed by atoms with Crippen LogP contribution in [-0.2, 0) is 4.79 Å². The SMILES string of the molecule is N#Cc1ccc(NC(=O)C2(C3C[C@H]4CC(c5ccnc6ccc(F)cc56)C[C@H]4C3)CC2)nc1. The molecule has 5 nitrogen and oxygen atoms in total. The molecule has 4 atom stereocenters. The first-order valence-electron chi connectivity index (χ1n) is 11.8. The van der Waals surface area contributed by atoms with Crippen molar-refractivity contribution in [3.05, 3.63) is 65.7 Å². The highest BCUT2D eigenvalue weighted by atomic mass is 19.1. The molecule has 2 aromatic heterocycles. The number of amides is 1. The van der Waals surface area contributed by atoms with Crippen LogP contribution < -0.4 is 5.32 Å². The largest absolute Gasteiger partial charge is 0.310 e. The van der Waals surface area contributed by atoms with Crippen LogP contribution in [0.3, 0.4) is 0 Å². The van der Waals surface area contributed by atoms with Crippen LogP contribution >= 0.6 is 0 Å². The Morgan fingerprint density at radius 2 is 1.85 bits per heavy atom. The van der Waals surface area contributed by atoms with Crippen molar-refractivity contribution >= 4 is 22.6 Å². The number of pyridine rings is 2. The first-order valence-corrected chi connectivity index (χ1v) is 11.8. The number of fused-ring (bicyclic) bond motifs is 2. The van der Waals surface area contributed by atoms with Gasteiger partial charge in [0.2, 0.25) is 5.91 Å². The molecule has 0 saturated heterocycles. The quantitative estimate of drug-likeness (QED) is 0.574. The summed E-state index contributed by atoms with van der Waals surface area (Å²) in [6.07, 6.45) is 9.60. The zero-order valence-electron chi connectivity index (χ0n) is 18.3. The maximum absolute atomic E-state index is 13.9. The predicted octanol–water partition coefficient (Wildman–Crippen LogP) is 5.58. The molecule has 1 N–H and O–H groups in total. The van der Waals surface area contributed by atoms with Crippen LogP contribution in [0.1, 0.15) is 55.6 Å². The van der Waals surface area contributed by atoms with Crippen molar-refractivity contribution in [3.8, 4) is 6.07 Å². The topological polar surface area (TPSA) is 78.7 Å². The van der Waals surface area contributed by atoms with Gasteiger partial charge in [-0.3, -0.25) is 9.78 Å². The van der Waals surface area contributed by atoms with E-state index >= 15 is 0 Å². The summed E-state index contributed by atoms with van der Waals surface area (Å²) in [7, 11) is 0. The molecule has 2 heterocycles. The number of hydrogen-bond donors (Lipinski definition) is 1. The standard InChI is InChI=1S/C27H25FN4O/c28-21-2-3-24-23(13-21)22(5-8-30-24)19-9-17-11-20(12-18(17)10-19)27(6-7-27)26(33)32-25-4-1-16(14-29)15-31-25/h1-5,8,13,15,17-20H,6-7,9-12H2,(H,31,32,33)/t17-,18+,19?,20?. The maximum atomic E-state index is 13.9. The molecule has 0 spiro atoms. The van der Waals surface area contributed by atoms with E-state index in [1.54, 1.807) is 24.3 Å². The Kier molecular flexibility index (Phi) is 4.69. The van der Waals surface area contributed by atoms with Crippen LogP contribution in [0.25, 0.3) is 10.9 Å². The molecule has 0 aliphatic heterocycles. The third-order valence-corrected chi connectivity index (χ3v) is 8.35. The second kappa shape index (κ2) is 7.62. The van der Waals surface area contributed by atoms with Crippen molar-refractivity contribution in [1.82, 2.24) is 9.97 Å². The van der Waals surface area contributed by atoms with Gasteiger partial charge in [0.15, 0.2) is 0 Å². The van der Waals surface area contributed by atoms with Gasteiger partial charge in [0.1, 0.15) is 17.7 Å². The molecule has 33 heavy (non-hydrogen) atoms. The molecule has 3 fully saturated rings. The van der Waals surface area contributed by atoms with Gasteiger partial charge in [0.05, 0.1) is 16.5 Å². The van der Waals surface area contributed by atoms with Gasteiger partial charge in [0.25, 0.3) is 0 Å². The lowest BCUT2D eigenvalue weighted by atomic mass is 9.83. The summed E-state index contributed by atoms with van der Waals surface area (Å²) in [6.45, 7) is 0. The number of hydrogen-bond acceptors (Lipinski definition) is 4. The van der Waals surface area contributed by atoms with E-state index < -0.39 is 0 Å². The molecule has 3 aliphatic rings. The van der Waals surface area contributed by atoms with Gasteiger partial charge in [-0.05, 0) is 104 Å². The van der Waals surface area contributed by atoms with E-state index in [-0.39, 0.29) is 17.1 Å². The molecule has 6 rings (SSSR count). The molecule has 6 heteroatoms. The smallest absolute Gasteiger partial charge is 0.232 e. The molecule has 0 bridgehead atoms. The maximum Gasteiger partial charge on any atom is 0.232 e. The number of carbonyl (C=O) groups is 1. The summed E-state index contributed by atoms with van der Waals surface area (Å²) in [5.74, 6) is 2.47. The molecule has 3 aliphatic carbocycles. The Morgan fingerprint density at radius 3 is 2.52 bits per heavy atom. The molecule has 166 valence electrons. The molecular formula is C27H25FN4O. The Balaban J connectivity index is 1.15. The first kappa shape index (κ1) is 20.3. The summed E-state index contributed by atoms with van der Waals surface area (Å²) in [6, 6.07) is 12.3. The normalized spacial score (nSPS) is 27.2. The van der Waals surface area contributed by atoms with E-state index in [0.717, 1.165) is 49.4 Å². The van der Waals surface area contributed by atoms with Crippen molar-refractivity contribution in [1.29, 1.82) is 5.26 Å². The predicted molar refractivity (Wildman–Crippen MR) is 123 cm³/mol. The molecule has 1 amide bonds. The van der Waals surface area contributed by atoms with Crippen LogP contribution in [0.2, 0.25) is 0 Å². The zero-order valence-corrected chi connectivity index (χ0v) is 18.3. The van der Waals surface area contributed by atoms with Gasteiger partial charge < -0.3 is 5.32 Å². The number of benzene rings is 1. The molecule has 2 unspecified atom stereocenters. The van der Waals surface area contributed by atoms with E-state index in [2.05, 4.69) is 21.4 Å². The molecule has 3 saturated carbocycles. The molecular weight excluding hydrogens is 415 g/mol. The number of nitrogens with one attached hydrogen (secondary N) is 1. The molecule has 3 aromatic rings. The van der Waals surface area contributed by atoms with Crippen molar-refractivity contribution in [2.45, 2.75) is 44.4 Å². The fourth-order valence-electron chi connectivity index (χ4n) is 6.55. The third-order valence-electron chi connectivity index (χ3n) is 8.35. The van der Waals surface area contributed by atoms with E-state index in [9.17, 15) is 9.18 Å². The van der Waals surface area contributed by atoms with Crippen LogP contribution in [0, 0.1) is 40.3 Å². The lowest BCUT2D eigenvalue weighted by Gasteiger charge is -2.24. The minimum atomic E-state index is -0.262. The first-order chi connectivity index (χ1) is 16.1. The van der Waals surface area contributed by atoms with Gasteiger partial charge in [-0.25, -0.2) is 9.37 Å². The number of rotatable bonds is 4. The summed E-state index contributed by atoms with van der Waals surface area (Å²) in [5.41, 5.74) is 2.30. The molecule has 1 aromatic carbocycles. The van der Waals surface area contributed by atoms with Crippen molar-refractivity contribution in [3.63, 3.8) is 0 Å². The lowest BCUT2D eigenvalue weighted by Crippen LogP contribution is -2.30. The Bertz CT molecular complexity index is 1260. The van der Waals surface area contributed by atoms with Crippen LogP contribution in [0.15, 0.2) is 48.8 Å². The second-order valence-corrected chi connectivity index (χ2v) is 10.1. The summed E-state index contributed by atoms with van der Waals surface area (Å²) < 4.78 is 13.9. The van der Waals surface area contributed by atoms with Crippen molar-refractivity contribution in [2.24, 2.45) is 23.2 Å². The fourth-order valence-corrected chi connectivity index (χ4v) is 6.55. The number of carbonyl (C=O) groups excluding carboxylic acids is 1. The minimum Gasteiger partial charge on any atom is -0.310 e. The van der Waals surface area contributed by atoms with Crippen LogP contribution in [0.5, 0.6) is 0 Å². The highest BCUT2D eigenvalue weighted by Crippen LogP contribution is 2.63. The van der Waals surface area contributed by atoms with Crippen molar-refractivity contribution in [2.75, 3.05) is 5.32 Å². The number of nitrogens with zero attached hydrogens (tertiary/aromatic N) is 3. The zero-order chi connectivity index (χ0) is 22.6. The Morgan fingerprint density at radius 1 is 1.06 bits per heavy atom. The lowest BCUT2D eigenvalue weighted by molar-refractivity contribution is -0.123. The monoisotopic (exact) mass is 440 g/mol. The van der Waals surface area contributed by atoms with Crippen molar-refractivity contribution < 1.29 is 9.18 Å². The van der Waals surface area contributed by atoms with E-state index in [0.29, 0.717) is 35.1 Å². The minimum absolute atomic E-state index is 0.0804. The number of nitriles is 1. The van der Waals surface area contributed by atoms with Gasteiger partial charge in [-0.15, -0.1) is 0 Å². The number of halogens is 1. The number of aromatic nitrogens is 2. The summed E-state index contributed by atoms with van der Waals surface area (Å²) in [4.78, 5) is 21.8. The highest BCUT2D eigenvalue weighted by molar-refractivity contribution is 5.96. The van der Waals surface area contributed by atoms with Gasteiger partial charge >= 0.3 is 0 Å². The Labute approximate surface area is 192 Å². The third kappa shape index (κ3) is 3.47. The van der Waals surface area contributed by atoms with Gasteiger partial charge in [-0.1, -0.05) is 0 Å². The fraction of sp³-hybridized carbons (Fsp3) is 0.407. The van der Waals surface area contributed by atoms with Crippen LogP contribution in [0.4, 0.5) is 10.2 Å². The van der Waals surface area contributed by atoms with E-state index in [1.165, 1.54) is 17.8 Å². The van der Waals surface area contributed by atoms with E-state index in [1.807, 2.05) is 12.3 Å². The average Bonchev–Trinajstić information content (AvgIpc) is 3.40. The molecule has 0 radical (unpaired) electrons.